The lowest BCUT2D eigenvalue weighted by molar-refractivity contribution is 0.0518. The first-order valence-corrected chi connectivity index (χ1v) is 12.1. The highest BCUT2D eigenvalue weighted by molar-refractivity contribution is 5.94. The van der Waals surface area contributed by atoms with Gasteiger partial charge in [0, 0.05) is 49.2 Å². The van der Waals surface area contributed by atoms with Crippen molar-refractivity contribution in [1.82, 2.24) is 19.7 Å². The van der Waals surface area contributed by atoms with Crippen LogP contribution in [0.15, 0.2) is 79.0 Å². The fourth-order valence-electron chi connectivity index (χ4n) is 4.33. The van der Waals surface area contributed by atoms with Gasteiger partial charge in [-0.1, -0.05) is 18.2 Å². The van der Waals surface area contributed by atoms with Crippen molar-refractivity contribution in [3.8, 4) is 17.1 Å². The number of carbonyl (C=O) groups excluding carboxylic acids is 2. The number of carbonyl (C=O) groups is 2. The van der Waals surface area contributed by atoms with E-state index < -0.39 is 5.97 Å². The fraction of sp³-hybridized carbons (Fsp3) is 0.214. The number of anilines is 1. The Morgan fingerprint density at radius 3 is 2.32 bits per heavy atom. The molecular formula is C28H26FN5O3. The molecule has 1 saturated heterocycles. The predicted octanol–water partition coefficient (Wildman–Crippen LogP) is 4.21. The van der Waals surface area contributed by atoms with Gasteiger partial charge in [-0.15, -0.1) is 0 Å². The molecule has 0 saturated carbocycles. The number of benzene rings is 2. The molecule has 0 N–H and O–H groups in total. The molecule has 2 aromatic carbocycles. The average molecular weight is 500 g/mol. The molecule has 0 atom stereocenters. The van der Waals surface area contributed by atoms with Gasteiger partial charge in [0.2, 0.25) is 0 Å². The van der Waals surface area contributed by atoms with Crippen molar-refractivity contribution in [3.05, 3.63) is 96.1 Å². The first kappa shape index (κ1) is 24.2. The second-order valence-electron chi connectivity index (χ2n) is 8.57. The van der Waals surface area contributed by atoms with Gasteiger partial charge in [0.15, 0.2) is 11.5 Å². The van der Waals surface area contributed by atoms with Gasteiger partial charge in [-0.3, -0.25) is 4.79 Å². The Labute approximate surface area is 213 Å². The Morgan fingerprint density at radius 1 is 0.946 bits per heavy atom. The number of aromatic nitrogens is 3. The van der Waals surface area contributed by atoms with Crippen molar-refractivity contribution in [2.75, 3.05) is 37.7 Å². The lowest BCUT2D eigenvalue weighted by atomic mass is 10.1. The lowest BCUT2D eigenvalue weighted by Gasteiger charge is -2.36. The summed E-state index contributed by atoms with van der Waals surface area (Å²) in [5.74, 6) is -0.331. The lowest BCUT2D eigenvalue weighted by Crippen LogP contribution is -2.48. The maximum atomic E-state index is 13.2. The van der Waals surface area contributed by atoms with Crippen molar-refractivity contribution in [2.24, 2.45) is 0 Å². The zero-order valence-electron chi connectivity index (χ0n) is 20.4. The molecule has 3 heterocycles. The number of hydrogen-bond donors (Lipinski definition) is 0. The number of ether oxygens (including phenoxy) is 1. The molecule has 0 radical (unpaired) electrons. The Bertz CT molecular complexity index is 1380. The maximum absolute atomic E-state index is 13.2. The minimum atomic E-state index is -0.483. The van der Waals surface area contributed by atoms with Gasteiger partial charge in [-0.25, -0.2) is 18.9 Å². The number of pyridine rings is 1. The van der Waals surface area contributed by atoms with Crippen LogP contribution in [-0.2, 0) is 4.74 Å². The summed E-state index contributed by atoms with van der Waals surface area (Å²) < 4.78 is 20.0. The predicted molar refractivity (Wildman–Crippen MR) is 137 cm³/mol. The van der Waals surface area contributed by atoms with Crippen LogP contribution in [-0.4, -0.2) is 64.3 Å². The van der Waals surface area contributed by atoms with Crippen LogP contribution in [0.25, 0.3) is 17.1 Å². The van der Waals surface area contributed by atoms with E-state index in [4.69, 9.17) is 4.74 Å². The van der Waals surface area contributed by atoms with Crippen LogP contribution in [0.2, 0.25) is 0 Å². The number of rotatable bonds is 6. The molecule has 188 valence electrons. The molecule has 0 unspecified atom stereocenters. The Balaban J connectivity index is 1.32. The van der Waals surface area contributed by atoms with Crippen molar-refractivity contribution in [2.45, 2.75) is 6.92 Å². The molecule has 1 fully saturated rings. The fourth-order valence-corrected chi connectivity index (χ4v) is 4.33. The number of nitrogens with zero attached hydrogens (tertiary/aromatic N) is 5. The molecule has 1 aliphatic heterocycles. The van der Waals surface area contributed by atoms with E-state index in [9.17, 15) is 14.0 Å². The van der Waals surface area contributed by atoms with Crippen molar-refractivity contribution in [1.29, 1.82) is 0 Å². The highest BCUT2D eigenvalue weighted by Crippen LogP contribution is 2.27. The third-order valence-corrected chi connectivity index (χ3v) is 6.25. The third kappa shape index (κ3) is 5.20. The standard InChI is InChI=1S/C28H26FN5O3/c1-2-37-28(36)24-19-25(34(31-24)26-5-3-4-14-30-26)20-8-12-23(13-9-20)32-15-17-33(18-16-32)27(35)21-6-10-22(29)11-7-21/h3-14,19H,2,15-18H2,1H3. The first-order chi connectivity index (χ1) is 18.0. The Kier molecular flexibility index (Phi) is 6.93. The highest BCUT2D eigenvalue weighted by atomic mass is 19.1. The Hall–Kier alpha value is -4.53. The van der Waals surface area contributed by atoms with E-state index in [-0.39, 0.29) is 24.0 Å². The number of esters is 1. The van der Waals surface area contributed by atoms with Crippen LogP contribution >= 0.6 is 0 Å². The summed E-state index contributed by atoms with van der Waals surface area (Å²) in [5.41, 5.74) is 3.34. The minimum Gasteiger partial charge on any atom is -0.461 e. The smallest absolute Gasteiger partial charge is 0.358 e. The third-order valence-electron chi connectivity index (χ3n) is 6.25. The zero-order valence-corrected chi connectivity index (χ0v) is 20.4. The highest BCUT2D eigenvalue weighted by Gasteiger charge is 2.23. The molecule has 0 spiro atoms. The summed E-state index contributed by atoms with van der Waals surface area (Å²) in [7, 11) is 0. The van der Waals surface area contributed by atoms with Crippen LogP contribution in [0.4, 0.5) is 10.1 Å². The second-order valence-corrected chi connectivity index (χ2v) is 8.57. The largest absolute Gasteiger partial charge is 0.461 e. The molecule has 0 aliphatic carbocycles. The normalized spacial score (nSPS) is 13.5. The van der Waals surface area contributed by atoms with Gasteiger partial charge in [0.1, 0.15) is 5.82 Å². The molecule has 1 amide bonds. The number of hydrogen-bond acceptors (Lipinski definition) is 6. The van der Waals surface area contributed by atoms with E-state index in [1.807, 2.05) is 42.5 Å². The second kappa shape index (κ2) is 10.6. The summed E-state index contributed by atoms with van der Waals surface area (Å²) in [6, 6.07) is 20.9. The van der Waals surface area contributed by atoms with E-state index in [1.54, 1.807) is 28.8 Å². The SMILES string of the molecule is CCOC(=O)c1cc(-c2ccc(N3CCN(C(=O)c4ccc(F)cc4)CC3)cc2)n(-c2ccccn2)n1. The van der Waals surface area contributed by atoms with Crippen molar-refractivity contribution in [3.63, 3.8) is 0 Å². The molecular weight excluding hydrogens is 473 g/mol. The monoisotopic (exact) mass is 499 g/mol. The molecule has 0 bridgehead atoms. The van der Waals surface area contributed by atoms with Gasteiger partial charge in [-0.05, 0) is 61.5 Å². The van der Waals surface area contributed by atoms with Crippen LogP contribution in [0.1, 0.15) is 27.8 Å². The van der Waals surface area contributed by atoms with Crippen LogP contribution in [0, 0.1) is 5.82 Å². The minimum absolute atomic E-state index is 0.0878. The number of amides is 1. The summed E-state index contributed by atoms with van der Waals surface area (Å²) in [5, 5.41) is 4.45. The van der Waals surface area contributed by atoms with Gasteiger partial charge in [0.05, 0.1) is 12.3 Å². The summed E-state index contributed by atoms with van der Waals surface area (Å²) >= 11 is 0. The molecule has 1 aliphatic rings. The van der Waals surface area contributed by atoms with Crippen LogP contribution in [0.5, 0.6) is 0 Å². The zero-order chi connectivity index (χ0) is 25.8. The van der Waals surface area contributed by atoms with Gasteiger partial charge < -0.3 is 14.5 Å². The number of halogens is 1. The van der Waals surface area contributed by atoms with E-state index in [2.05, 4.69) is 15.0 Å². The van der Waals surface area contributed by atoms with Gasteiger partial charge in [-0.2, -0.15) is 5.10 Å². The van der Waals surface area contributed by atoms with E-state index in [0.29, 0.717) is 37.6 Å². The number of piperazine rings is 1. The van der Waals surface area contributed by atoms with E-state index >= 15 is 0 Å². The van der Waals surface area contributed by atoms with Crippen molar-refractivity contribution >= 4 is 17.6 Å². The molecule has 4 aromatic rings. The van der Waals surface area contributed by atoms with Crippen LogP contribution in [0.3, 0.4) is 0 Å². The van der Waals surface area contributed by atoms with Crippen molar-refractivity contribution < 1.29 is 18.7 Å². The molecule has 8 nitrogen and oxygen atoms in total. The molecule has 9 heteroatoms. The molecule has 5 rings (SSSR count). The van der Waals surface area contributed by atoms with E-state index in [0.717, 1.165) is 16.9 Å². The average Bonchev–Trinajstić information content (AvgIpc) is 3.40. The first-order valence-electron chi connectivity index (χ1n) is 12.1. The molecule has 2 aromatic heterocycles. The van der Waals surface area contributed by atoms with Gasteiger partial charge >= 0.3 is 5.97 Å². The molecule has 37 heavy (non-hydrogen) atoms. The summed E-state index contributed by atoms with van der Waals surface area (Å²) in [6.07, 6.45) is 1.67. The quantitative estimate of drug-likeness (QED) is 0.370. The Morgan fingerprint density at radius 2 is 1.68 bits per heavy atom. The van der Waals surface area contributed by atoms with Gasteiger partial charge in [0.25, 0.3) is 5.91 Å². The van der Waals surface area contributed by atoms with E-state index in [1.165, 1.54) is 24.3 Å². The summed E-state index contributed by atoms with van der Waals surface area (Å²) in [6.45, 7) is 4.55. The maximum Gasteiger partial charge on any atom is 0.358 e. The van der Waals surface area contributed by atoms with Crippen LogP contribution < -0.4 is 4.90 Å². The topological polar surface area (TPSA) is 80.6 Å². The summed E-state index contributed by atoms with van der Waals surface area (Å²) in [4.78, 5) is 33.5.